The van der Waals surface area contributed by atoms with Crippen molar-refractivity contribution in [3.05, 3.63) is 35.1 Å². The van der Waals surface area contributed by atoms with Crippen molar-refractivity contribution >= 4 is 0 Å². The molecule has 0 saturated carbocycles. The Kier molecular flexibility index (Phi) is 5.61. The number of nitrogens with zero attached hydrogens (tertiary/aromatic N) is 2. The third kappa shape index (κ3) is 4.94. The maximum absolute atomic E-state index is 13.0. The zero-order valence-corrected chi connectivity index (χ0v) is 10.3. The third-order valence-electron chi connectivity index (χ3n) is 2.46. The van der Waals surface area contributed by atoms with E-state index in [-0.39, 0.29) is 5.82 Å². The highest BCUT2D eigenvalue weighted by Gasteiger charge is 2.03. The smallest absolute Gasteiger partial charge is 0.123 e. The fraction of sp³-hybridized carbons (Fsp3) is 0.462. The van der Waals surface area contributed by atoms with Gasteiger partial charge in [-0.25, -0.2) is 4.39 Å². The maximum atomic E-state index is 13.0. The highest BCUT2D eigenvalue weighted by atomic mass is 19.1. The van der Waals surface area contributed by atoms with Gasteiger partial charge in [-0.3, -0.25) is 0 Å². The van der Waals surface area contributed by atoms with Crippen molar-refractivity contribution < 1.29 is 4.39 Å². The van der Waals surface area contributed by atoms with Crippen LogP contribution in [0.4, 0.5) is 4.39 Å². The van der Waals surface area contributed by atoms with Gasteiger partial charge in [0, 0.05) is 6.54 Å². The Morgan fingerprint density at radius 2 is 2.18 bits per heavy atom. The minimum atomic E-state index is -0.297. The molecule has 4 heteroatoms. The van der Waals surface area contributed by atoms with Gasteiger partial charge in [-0.2, -0.15) is 5.26 Å². The van der Waals surface area contributed by atoms with Gasteiger partial charge in [-0.15, -0.1) is 0 Å². The quantitative estimate of drug-likeness (QED) is 0.763. The van der Waals surface area contributed by atoms with Gasteiger partial charge in [0.05, 0.1) is 11.6 Å². The average Bonchev–Trinajstić information content (AvgIpc) is 2.28. The van der Waals surface area contributed by atoms with Gasteiger partial charge in [0.25, 0.3) is 0 Å². The van der Waals surface area contributed by atoms with Crippen LogP contribution in [0.5, 0.6) is 0 Å². The highest BCUT2D eigenvalue weighted by Crippen LogP contribution is 2.09. The van der Waals surface area contributed by atoms with Crippen LogP contribution in [-0.2, 0) is 6.54 Å². The van der Waals surface area contributed by atoms with Crippen LogP contribution in [0.3, 0.4) is 0 Å². The first kappa shape index (κ1) is 13.6. The van der Waals surface area contributed by atoms with Gasteiger partial charge in [-0.1, -0.05) is 0 Å². The van der Waals surface area contributed by atoms with E-state index in [1.165, 1.54) is 18.2 Å². The van der Waals surface area contributed by atoms with Crippen LogP contribution in [0.15, 0.2) is 18.2 Å². The van der Waals surface area contributed by atoms with E-state index < -0.39 is 0 Å². The molecule has 0 aliphatic heterocycles. The second kappa shape index (κ2) is 7.00. The Morgan fingerprint density at radius 1 is 1.41 bits per heavy atom. The van der Waals surface area contributed by atoms with E-state index in [2.05, 4.69) is 16.3 Å². The second-order valence-electron chi connectivity index (χ2n) is 4.25. The Morgan fingerprint density at radius 3 is 2.82 bits per heavy atom. The van der Waals surface area contributed by atoms with Gasteiger partial charge >= 0.3 is 0 Å². The number of nitrogens with one attached hydrogen (secondary N) is 1. The minimum absolute atomic E-state index is 0.297. The van der Waals surface area contributed by atoms with E-state index in [9.17, 15) is 4.39 Å². The molecule has 0 spiro atoms. The number of nitriles is 1. The van der Waals surface area contributed by atoms with Gasteiger partial charge in [0.15, 0.2) is 0 Å². The summed E-state index contributed by atoms with van der Waals surface area (Å²) < 4.78 is 13.0. The van der Waals surface area contributed by atoms with Crippen LogP contribution >= 0.6 is 0 Å². The summed E-state index contributed by atoms with van der Waals surface area (Å²) in [5.74, 6) is -0.297. The van der Waals surface area contributed by atoms with Crippen LogP contribution in [-0.4, -0.2) is 32.1 Å². The van der Waals surface area contributed by atoms with Crippen LogP contribution < -0.4 is 5.32 Å². The molecule has 1 aromatic rings. The summed E-state index contributed by atoms with van der Waals surface area (Å²) >= 11 is 0. The number of hydrogen-bond donors (Lipinski definition) is 1. The molecule has 1 aromatic carbocycles. The topological polar surface area (TPSA) is 39.1 Å². The SMILES string of the molecule is CN(C)CCCNCc1cc(F)ccc1C#N. The van der Waals surface area contributed by atoms with Crippen molar-refractivity contribution in [1.82, 2.24) is 10.2 Å². The Balaban J connectivity index is 2.41. The molecular weight excluding hydrogens is 217 g/mol. The molecule has 0 aromatic heterocycles. The molecule has 17 heavy (non-hydrogen) atoms. The number of benzene rings is 1. The lowest BCUT2D eigenvalue weighted by atomic mass is 10.1. The molecule has 0 bridgehead atoms. The van der Waals surface area contributed by atoms with E-state index in [0.29, 0.717) is 12.1 Å². The molecule has 0 radical (unpaired) electrons. The zero-order chi connectivity index (χ0) is 12.7. The summed E-state index contributed by atoms with van der Waals surface area (Å²) in [6, 6.07) is 6.31. The average molecular weight is 235 g/mol. The standard InChI is InChI=1S/C13H18FN3/c1-17(2)7-3-6-16-10-12-8-13(14)5-4-11(12)9-15/h4-5,8,16H,3,6-7,10H2,1-2H3. The first-order valence-corrected chi connectivity index (χ1v) is 5.67. The maximum Gasteiger partial charge on any atom is 0.123 e. The highest BCUT2D eigenvalue weighted by molar-refractivity contribution is 5.37. The summed E-state index contributed by atoms with van der Waals surface area (Å²) in [6.07, 6.45) is 1.03. The van der Waals surface area contributed by atoms with Crippen molar-refractivity contribution in [3.8, 4) is 6.07 Å². The summed E-state index contributed by atoms with van der Waals surface area (Å²) in [5.41, 5.74) is 1.25. The first-order valence-electron chi connectivity index (χ1n) is 5.67. The summed E-state index contributed by atoms with van der Waals surface area (Å²) in [4.78, 5) is 2.12. The van der Waals surface area contributed by atoms with E-state index in [4.69, 9.17) is 5.26 Å². The second-order valence-corrected chi connectivity index (χ2v) is 4.25. The molecule has 0 saturated heterocycles. The Labute approximate surface area is 102 Å². The van der Waals surface area contributed by atoms with E-state index in [0.717, 1.165) is 25.1 Å². The van der Waals surface area contributed by atoms with Crippen molar-refractivity contribution in [2.45, 2.75) is 13.0 Å². The predicted octanol–water partition coefficient (Wildman–Crippen LogP) is 1.74. The number of halogens is 1. The Bertz CT molecular complexity index is 396. The molecular formula is C13H18FN3. The zero-order valence-electron chi connectivity index (χ0n) is 10.3. The summed E-state index contributed by atoms with van der Waals surface area (Å²) in [7, 11) is 4.06. The van der Waals surface area contributed by atoms with Crippen LogP contribution in [0.25, 0.3) is 0 Å². The number of hydrogen-bond acceptors (Lipinski definition) is 3. The molecule has 0 atom stereocenters. The summed E-state index contributed by atoms with van der Waals surface area (Å²) in [6.45, 7) is 2.41. The monoisotopic (exact) mass is 235 g/mol. The number of rotatable bonds is 6. The molecule has 1 N–H and O–H groups in total. The molecule has 0 unspecified atom stereocenters. The molecule has 0 aliphatic rings. The molecule has 0 amide bonds. The van der Waals surface area contributed by atoms with E-state index in [1.54, 1.807) is 0 Å². The van der Waals surface area contributed by atoms with Gasteiger partial charge in [-0.05, 0) is 57.4 Å². The normalized spacial score (nSPS) is 10.5. The molecule has 0 aliphatic carbocycles. The van der Waals surface area contributed by atoms with Crippen molar-refractivity contribution in [2.75, 3.05) is 27.2 Å². The van der Waals surface area contributed by atoms with Crippen LogP contribution in [0.1, 0.15) is 17.5 Å². The molecule has 1 rings (SSSR count). The van der Waals surface area contributed by atoms with Crippen molar-refractivity contribution in [2.24, 2.45) is 0 Å². The molecule has 0 fully saturated rings. The van der Waals surface area contributed by atoms with Crippen molar-refractivity contribution in [3.63, 3.8) is 0 Å². The van der Waals surface area contributed by atoms with Gasteiger partial charge in [0.1, 0.15) is 5.82 Å². The lowest BCUT2D eigenvalue weighted by Crippen LogP contribution is -2.21. The van der Waals surface area contributed by atoms with Gasteiger partial charge < -0.3 is 10.2 Å². The predicted molar refractivity (Wildman–Crippen MR) is 66.0 cm³/mol. The fourth-order valence-electron chi connectivity index (χ4n) is 1.56. The van der Waals surface area contributed by atoms with Crippen molar-refractivity contribution in [1.29, 1.82) is 5.26 Å². The van der Waals surface area contributed by atoms with Gasteiger partial charge in [0.2, 0.25) is 0 Å². The summed E-state index contributed by atoms with van der Waals surface area (Å²) in [5, 5.41) is 12.1. The third-order valence-corrected chi connectivity index (χ3v) is 2.46. The van der Waals surface area contributed by atoms with E-state index in [1.807, 2.05) is 14.1 Å². The largest absolute Gasteiger partial charge is 0.313 e. The minimum Gasteiger partial charge on any atom is -0.313 e. The van der Waals surface area contributed by atoms with Crippen LogP contribution in [0.2, 0.25) is 0 Å². The lowest BCUT2D eigenvalue weighted by molar-refractivity contribution is 0.394. The fourth-order valence-corrected chi connectivity index (χ4v) is 1.56. The molecule has 3 nitrogen and oxygen atoms in total. The lowest BCUT2D eigenvalue weighted by Gasteiger charge is -2.10. The van der Waals surface area contributed by atoms with E-state index >= 15 is 0 Å². The molecule has 92 valence electrons. The molecule has 0 heterocycles. The Hall–Kier alpha value is -1.44. The van der Waals surface area contributed by atoms with Crippen LogP contribution in [0, 0.1) is 17.1 Å². The first-order chi connectivity index (χ1) is 8.13.